The highest BCUT2D eigenvalue weighted by atomic mass is 15.1. The number of aromatic nitrogens is 3. The van der Waals surface area contributed by atoms with Crippen molar-refractivity contribution < 1.29 is 0 Å². The van der Waals surface area contributed by atoms with Crippen LogP contribution in [0.3, 0.4) is 0 Å². The maximum Gasteiger partial charge on any atom is 0.149 e. The molecule has 0 spiro atoms. The molecule has 0 amide bonds. The number of fused-ring (bicyclic) bond motifs is 1. The third-order valence-corrected chi connectivity index (χ3v) is 4.75. The van der Waals surface area contributed by atoms with E-state index in [0.717, 1.165) is 33.8 Å². The minimum Gasteiger partial charge on any atom is -0.399 e. The standard InChI is InChI=1S/C22H23N5/c1-22(2,3)14-6-11-18-19(13-14)27(16-9-7-15(23)8-10-16)21(26-18)17-5-4-12-25-20(17)24/h4-13H,23H2,1-3H3,(H2,24,25). The molecule has 5 nitrogen and oxygen atoms in total. The van der Waals surface area contributed by atoms with Crippen molar-refractivity contribution in [2.24, 2.45) is 0 Å². The molecule has 0 aliphatic heterocycles. The van der Waals surface area contributed by atoms with Crippen molar-refractivity contribution in [3.63, 3.8) is 0 Å². The summed E-state index contributed by atoms with van der Waals surface area (Å²) in [6.07, 6.45) is 1.69. The third-order valence-electron chi connectivity index (χ3n) is 4.75. The van der Waals surface area contributed by atoms with E-state index in [2.05, 4.69) is 48.5 Å². The molecule has 0 saturated carbocycles. The number of anilines is 2. The van der Waals surface area contributed by atoms with Gasteiger partial charge in [-0.05, 0) is 59.5 Å². The fourth-order valence-corrected chi connectivity index (χ4v) is 3.21. The predicted molar refractivity (Wildman–Crippen MR) is 112 cm³/mol. The Balaban J connectivity index is 2.07. The molecule has 27 heavy (non-hydrogen) atoms. The summed E-state index contributed by atoms with van der Waals surface area (Å²) in [7, 11) is 0. The molecule has 0 fully saturated rings. The van der Waals surface area contributed by atoms with Crippen LogP contribution in [0.2, 0.25) is 0 Å². The van der Waals surface area contributed by atoms with Crippen molar-refractivity contribution >= 4 is 22.5 Å². The molecule has 0 radical (unpaired) electrons. The molecule has 2 aromatic heterocycles. The monoisotopic (exact) mass is 357 g/mol. The number of benzene rings is 2. The molecule has 0 bridgehead atoms. The Bertz CT molecular complexity index is 1120. The molecular weight excluding hydrogens is 334 g/mol. The number of hydrogen-bond acceptors (Lipinski definition) is 4. The zero-order valence-corrected chi connectivity index (χ0v) is 15.8. The van der Waals surface area contributed by atoms with E-state index in [9.17, 15) is 0 Å². The summed E-state index contributed by atoms with van der Waals surface area (Å²) < 4.78 is 2.12. The first-order valence-electron chi connectivity index (χ1n) is 8.94. The Hall–Kier alpha value is -3.34. The topological polar surface area (TPSA) is 82.8 Å². The van der Waals surface area contributed by atoms with Crippen LogP contribution in [0.5, 0.6) is 0 Å². The maximum atomic E-state index is 6.16. The fraction of sp³-hybridized carbons (Fsp3) is 0.182. The predicted octanol–water partition coefficient (Wildman–Crippen LogP) is 4.55. The van der Waals surface area contributed by atoms with Crippen LogP contribution in [-0.2, 0) is 5.41 Å². The average Bonchev–Trinajstić information content (AvgIpc) is 3.00. The van der Waals surface area contributed by atoms with Gasteiger partial charge in [0, 0.05) is 17.6 Å². The van der Waals surface area contributed by atoms with Crippen LogP contribution < -0.4 is 11.5 Å². The van der Waals surface area contributed by atoms with Gasteiger partial charge in [-0.3, -0.25) is 4.57 Å². The molecule has 5 heteroatoms. The van der Waals surface area contributed by atoms with Gasteiger partial charge in [-0.2, -0.15) is 0 Å². The Morgan fingerprint density at radius 3 is 2.33 bits per heavy atom. The minimum absolute atomic E-state index is 0.0396. The molecule has 0 aliphatic rings. The number of rotatable bonds is 2. The lowest BCUT2D eigenvalue weighted by molar-refractivity contribution is 0.591. The van der Waals surface area contributed by atoms with Gasteiger partial charge >= 0.3 is 0 Å². The van der Waals surface area contributed by atoms with Gasteiger partial charge in [0.05, 0.1) is 16.6 Å². The number of hydrogen-bond donors (Lipinski definition) is 2. The van der Waals surface area contributed by atoms with Crippen LogP contribution in [0.25, 0.3) is 28.1 Å². The van der Waals surface area contributed by atoms with Crippen LogP contribution >= 0.6 is 0 Å². The molecule has 136 valence electrons. The molecule has 4 aromatic rings. The second-order valence-electron chi connectivity index (χ2n) is 7.75. The summed E-state index contributed by atoms with van der Waals surface area (Å²) in [6.45, 7) is 6.62. The average molecular weight is 357 g/mol. The lowest BCUT2D eigenvalue weighted by Crippen LogP contribution is -2.11. The third kappa shape index (κ3) is 3.01. The largest absolute Gasteiger partial charge is 0.399 e. The molecule has 0 saturated heterocycles. The molecule has 0 atom stereocenters. The second-order valence-corrected chi connectivity index (χ2v) is 7.75. The Kier molecular flexibility index (Phi) is 3.88. The summed E-state index contributed by atoms with van der Waals surface area (Å²) in [5.74, 6) is 1.23. The number of nitrogen functional groups attached to an aromatic ring is 2. The highest BCUT2D eigenvalue weighted by molar-refractivity contribution is 5.86. The van der Waals surface area contributed by atoms with E-state index in [-0.39, 0.29) is 5.41 Å². The number of pyridine rings is 1. The van der Waals surface area contributed by atoms with Crippen molar-refractivity contribution in [2.45, 2.75) is 26.2 Å². The summed E-state index contributed by atoms with van der Waals surface area (Å²) in [5, 5.41) is 0. The zero-order chi connectivity index (χ0) is 19.2. The van der Waals surface area contributed by atoms with Gasteiger partial charge in [0.1, 0.15) is 11.6 Å². The summed E-state index contributed by atoms with van der Waals surface area (Å²) >= 11 is 0. The van der Waals surface area contributed by atoms with Crippen LogP contribution in [-0.4, -0.2) is 14.5 Å². The van der Waals surface area contributed by atoms with Crippen LogP contribution in [0.15, 0.2) is 60.8 Å². The fourth-order valence-electron chi connectivity index (χ4n) is 3.21. The van der Waals surface area contributed by atoms with Gasteiger partial charge in [-0.25, -0.2) is 9.97 Å². The van der Waals surface area contributed by atoms with E-state index in [0.29, 0.717) is 5.82 Å². The first-order valence-corrected chi connectivity index (χ1v) is 8.94. The smallest absolute Gasteiger partial charge is 0.149 e. The molecule has 0 aliphatic carbocycles. The number of imidazole rings is 1. The van der Waals surface area contributed by atoms with Gasteiger partial charge in [-0.15, -0.1) is 0 Å². The normalized spacial score (nSPS) is 11.8. The second kappa shape index (κ2) is 6.13. The number of nitrogens with two attached hydrogens (primary N) is 2. The molecular formula is C22H23N5. The van der Waals surface area contributed by atoms with Gasteiger partial charge < -0.3 is 11.5 Å². The SMILES string of the molecule is CC(C)(C)c1ccc2nc(-c3cccnc3N)n(-c3ccc(N)cc3)c2c1. The quantitative estimate of drug-likeness (QED) is 0.516. The van der Waals surface area contributed by atoms with Gasteiger partial charge in [0.2, 0.25) is 0 Å². The first-order chi connectivity index (χ1) is 12.8. The Labute approximate surface area is 158 Å². The number of nitrogens with zero attached hydrogens (tertiary/aromatic N) is 3. The first kappa shape index (κ1) is 17.1. The molecule has 4 N–H and O–H groups in total. The zero-order valence-electron chi connectivity index (χ0n) is 15.8. The molecule has 0 unspecified atom stereocenters. The summed E-state index contributed by atoms with van der Waals surface area (Å²) in [4.78, 5) is 9.11. The van der Waals surface area contributed by atoms with Gasteiger partial charge in [-0.1, -0.05) is 26.8 Å². The van der Waals surface area contributed by atoms with E-state index in [1.54, 1.807) is 6.20 Å². The summed E-state index contributed by atoms with van der Waals surface area (Å²) in [6, 6.07) is 18.0. The van der Waals surface area contributed by atoms with Crippen molar-refractivity contribution in [2.75, 3.05) is 11.5 Å². The van der Waals surface area contributed by atoms with Crippen molar-refractivity contribution in [1.29, 1.82) is 0 Å². The van der Waals surface area contributed by atoms with Crippen LogP contribution in [0.4, 0.5) is 11.5 Å². The highest BCUT2D eigenvalue weighted by Crippen LogP contribution is 2.33. The molecule has 4 rings (SSSR count). The van der Waals surface area contributed by atoms with Crippen LogP contribution in [0.1, 0.15) is 26.3 Å². The maximum absolute atomic E-state index is 6.16. The Morgan fingerprint density at radius 1 is 0.926 bits per heavy atom. The lowest BCUT2D eigenvalue weighted by atomic mass is 9.87. The van der Waals surface area contributed by atoms with Crippen molar-refractivity contribution in [3.8, 4) is 17.1 Å². The van der Waals surface area contributed by atoms with E-state index in [1.165, 1.54) is 5.56 Å². The van der Waals surface area contributed by atoms with Crippen molar-refractivity contribution in [3.05, 3.63) is 66.4 Å². The van der Waals surface area contributed by atoms with E-state index in [1.807, 2.05) is 36.4 Å². The van der Waals surface area contributed by atoms with E-state index < -0.39 is 0 Å². The highest BCUT2D eigenvalue weighted by Gasteiger charge is 2.20. The summed E-state index contributed by atoms with van der Waals surface area (Å²) in [5.41, 5.74) is 17.8. The molecule has 2 aromatic carbocycles. The molecule has 2 heterocycles. The van der Waals surface area contributed by atoms with Gasteiger partial charge in [0.15, 0.2) is 0 Å². The van der Waals surface area contributed by atoms with E-state index in [4.69, 9.17) is 16.5 Å². The van der Waals surface area contributed by atoms with Crippen molar-refractivity contribution in [1.82, 2.24) is 14.5 Å². The van der Waals surface area contributed by atoms with Gasteiger partial charge in [0.25, 0.3) is 0 Å². The Morgan fingerprint density at radius 2 is 1.67 bits per heavy atom. The van der Waals surface area contributed by atoms with Crippen LogP contribution in [0, 0.1) is 0 Å². The minimum atomic E-state index is 0.0396. The lowest BCUT2D eigenvalue weighted by Gasteiger charge is -2.19. The van der Waals surface area contributed by atoms with E-state index >= 15 is 0 Å².